The predicted molar refractivity (Wildman–Crippen MR) is 62.6 cm³/mol. The standard InChI is InChI=1S/C11H17N3O2/c1-7-5-10(14(15)16)11(13-6-7)8(2)9(3)12-4/h5-6,8-9,12H,1-4H3. The second kappa shape index (κ2) is 5.03. The highest BCUT2D eigenvalue weighted by molar-refractivity contribution is 5.40. The van der Waals surface area contributed by atoms with E-state index < -0.39 is 0 Å². The molecule has 1 aromatic heterocycles. The molecule has 0 spiro atoms. The predicted octanol–water partition coefficient (Wildman–Crippen LogP) is 2.01. The van der Waals surface area contributed by atoms with E-state index in [1.165, 1.54) is 0 Å². The van der Waals surface area contributed by atoms with Gasteiger partial charge in [0.2, 0.25) is 0 Å². The summed E-state index contributed by atoms with van der Waals surface area (Å²) in [7, 11) is 1.83. The Balaban J connectivity index is 3.17. The van der Waals surface area contributed by atoms with Gasteiger partial charge >= 0.3 is 0 Å². The Bertz CT molecular complexity index is 393. The highest BCUT2D eigenvalue weighted by Gasteiger charge is 2.23. The van der Waals surface area contributed by atoms with E-state index in [1.807, 2.05) is 20.9 Å². The van der Waals surface area contributed by atoms with Gasteiger partial charge in [-0.1, -0.05) is 6.92 Å². The Kier molecular flexibility index (Phi) is 3.95. The number of hydrogen-bond acceptors (Lipinski definition) is 4. The molecule has 0 aliphatic carbocycles. The number of nitrogens with one attached hydrogen (secondary N) is 1. The van der Waals surface area contributed by atoms with Crippen LogP contribution in [0.2, 0.25) is 0 Å². The number of nitrogens with zero attached hydrogens (tertiary/aromatic N) is 2. The topological polar surface area (TPSA) is 68.1 Å². The molecular formula is C11H17N3O2. The number of nitro groups is 1. The van der Waals surface area contributed by atoms with Crippen molar-refractivity contribution in [3.05, 3.63) is 33.6 Å². The smallest absolute Gasteiger partial charge is 0.291 e. The third kappa shape index (κ3) is 2.55. The van der Waals surface area contributed by atoms with E-state index in [-0.39, 0.29) is 22.6 Å². The average molecular weight is 223 g/mol. The summed E-state index contributed by atoms with van der Waals surface area (Å²) >= 11 is 0. The van der Waals surface area contributed by atoms with Crippen LogP contribution in [0.4, 0.5) is 5.69 Å². The van der Waals surface area contributed by atoms with E-state index in [1.54, 1.807) is 19.2 Å². The SMILES string of the molecule is CNC(C)C(C)c1ncc(C)cc1[N+](=O)[O-]. The summed E-state index contributed by atoms with van der Waals surface area (Å²) in [6.45, 7) is 5.72. The van der Waals surface area contributed by atoms with Gasteiger partial charge in [0, 0.05) is 24.2 Å². The normalized spacial score (nSPS) is 14.5. The lowest BCUT2D eigenvalue weighted by molar-refractivity contribution is -0.386. The molecule has 0 saturated carbocycles. The summed E-state index contributed by atoms with van der Waals surface area (Å²) in [5, 5.41) is 14.0. The van der Waals surface area contributed by atoms with Crippen LogP contribution in [0.5, 0.6) is 0 Å². The Labute approximate surface area is 95.0 Å². The van der Waals surface area contributed by atoms with Crippen molar-refractivity contribution in [2.75, 3.05) is 7.05 Å². The highest BCUT2D eigenvalue weighted by atomic mass is 16.6. The molecule has 0 aliphatic rings. The van der Waals surface area contributed by atoms with Gasteiger partial charge in [-0.05, 0) is 26.5 Å². The van der Waals surface area contributed by atoms with E-state index in [0.717, 1.165) is 5.56 Å². The van der Waals surface area contributed by atoms with Gasteiger partial charge in [-0.2, -0.15) is 0 Å². The summed E-state index contributed by atoms with van der Waals surface area (Å²) in [4.78, 5) is 14.8. The summed E-state index contributed by atoms with van der Waals surface area (Å²) in [5.41, 5.74) is 1.45. The Morgan fingerprint density at radius 2 is 2.12 bits per heavy atom. The molecule has 0 saturated heterocycles. The average Bonchev–Trinajstić information content (AvgIpc) is 2.26. The Hall–Kier alpha value is -1.49. The van der Waals surface area contributed by atoms with Crippen LogP contribution >= 0.6 is 0 Å². The summed E-state index contributed by atoms with van der Waals surface area (Å²) < 4.78 is 0. The molecule has 0 amide bonds. The molecule has 0 aromatic carbocycles. The fourth-order valence-electron chi connectivity index (χ4n) is 1.55. The van der Waals surface area contributed by atoms with Gasteiger partial charge in [0.1, 0.15) is 5.69 Å². The maximum absolute atomic E-state index is 10.9. The molecule has 88 valence electrons. The Morgan fingerprint density at radius 1 is 1.50 bits per heavy atom. The monoisotopic (exact) mass is 223 g/mol. The third-order valence-electron chi connectivity index (χ3n) is 2.87. The van der Waals surface area contributed by atoms with Crippen LogP contribution in [0.3, 0.4) is 0 Å². The molecule has 2 atom stereocenters. The molecule has 2 unspecified atom stereocenters. The molecule has 0 fully saturated rings. The first-order valence-electron chi connectivity index (χ1n) is 5.25. The first-order valence-corrected chi connectivity index (χ1v) is 5.25. The van der Waals surface area contributed by atoms with Crippen molar-refractivity contribution in [1.82, 2.24) is 10.3 Å². The third-order valence-corrected chi connectivity index (χ3v) is 2.87. The zero-order valence-corrected chi connectivity index (χ0v) is 10.0. The van der Waals surface area contributed by atoms with E-state index in [9.17, 15) is 10.1 Å². The molecule has 1 aromatic rings. The maximum Gasteiger partial charge on any atom is 0.291 e. The van der Waals surface area contributed by atoms with Crippen LogP contribution in [0.15, 0.2) is 12.3 Å². The molecule has 16 heavy (non-hydrogen) atoms. The van der Waals surface area contributed by atoms with Crippen LogP contribution < -0.4 is 5.32 Å². The van der Waals surface area contributed by atoms with E-state index in [0.29, 0.717) is 5.69 Å². The van der Waals surface area contributed by atoms with Gasteiger partial charge in [0.15, 0.2) is 0 Å². The fourth-order valence-corrected chi connectivity index (χ4v) is 1.55. The molecule has 0 radical (unpaired) electrons. The van der Waals surface area contributed by atoms with E-state index >= 15 is 0 Å². The quantitative estimate of drug-likeness (QED) is 0.626. The van der Waals surface area contributed by atoms with Crippen molar-refractivity contribution >= 4 is 5.69 Å². The van der Waals surface area contributed by atoms with E-state index in [2.05, 4.69) is 10.3 Å². The van der Waals surface area contributed by atoms with Crippen LogP contribution in [0.1, 0.15) is 31.0 Å². The van der Waals surface area contributed by atoms with Crippen molar-refractivity contribution in [1.29, 1.82) is 0 Å². The molecule has 1 N–H and O–H groups in total. The van der Waals surface area contributed by atoms with Gasteiger partial charge in [-0.25, -0.2) is 0 Å². The summed E-state index contributed by atoms with van der Waals surface area (Å²) in [6.07, 6.45) is 1.67. The second-order valence-corrected chi connectivity index (χ2v) is 4.04. The molecule has 1 rings (SSSR count). The lowest BCUT2D eigenvalue weighted by Gasteiger charge is -2.18. The van der Waals surface area contributed by atoms with Crippen LogP contribution in [-0.2, 0) is 0 Å². The molecule has 0 bridgehead atoms. The molecule has 5 heteroatoms. The highest BCUT2D eigenvalue weighted by Crippen LogP contribution is 2.27. The number of aromatic nitrogens is 1. The lowest BCUT2D eigenvalue weighted by atomic mass is 9.97. The van der Waals surface area contributed by atoms with Crippen molar-refractivity contribution < 1.29 is 4.92 Å². The minimum Gasteiger partial charge on any atom is -0.317 e. The van der Waals surface area contributed by atoms with Gasteiger partial charge in [-0.15, -0.1) is 0 Å². The number of pyridine rings is 1. The summed E-state index contributed by atoms with van der Waals surface area (Å²) in [6, 6.07) is 1.72. The van der Waals surface area contributed by atoms with E-state index in [4.69, 9.17) is 0 Å². The van der Waals surface area contributed by atoms with Crippen molar-refractivity contribution in [2.45, 2.75) is 32.7 Å². The molecule has 1 heterocycles. The van der Waals surface area contributed by atoms with Crippen LogP contribution in [0, 0.1) is 17.0 Å². The van der Waals surface area contributed by atoms with Crippen molar-refractivity contribution in [3.63, 3.8) is 0 Å². The second-order valence-electron chi connectivity index (χ2n) is 4.04. The first-order chi connectivity index (χ1) is 7.47. The van der Waals surface area contributed by atoms with Crippen molar-refractivity contribution in [2.24, 2.45) is 0 Å². The number of likely N-dealkylation sites (N-methyl/N-ethyl adjacent to an activating group) is 1. The van der Waals surface area contributed by atoms with Gasteiger partial charge in [0.05, 0.1) is 4.92 Å². The maximum atomic E-state index is 10.9. The minimum absolute atomic E-state index is 0.00556. The first kappa shape index (κ1) is 12.6. The molecular weight excluding hydrogens is 206 g/mol. The fraction of sp³-hybridized carbons (Fsp3) is 0.545. The van der Waals surface area contributed by atoms with Crippen molar-refractivity contribution in [3.8, 4) is 0 Å². The zero-order valence-electron chi connectivity index (χ0n) is 10.0. The van der Waals surface area contributed by atoms with Gasteiger partial charge < -0.3 is 5.32 Å². The lowest BCUT2D eigenvalue weighted by Crippen LogP contribution is -2.28. The number of hydrogen-bond donors (Lipinski definition) is 1. The van der Waals surface area contributed by atoms with Gasteiger partial charge in [0.25, 0.3) is 5.69 Å². The molecule has 0 aliphatic heterocycles. The zero-order chi connectivity index (χ0) is 12.3. The largest absolute Gasteiger partial charge is 0.317 e. The molecule has 5 nitrogen and oxygen atoms in total. The summed E-state index contributed by atoms with van der Waals surface area (Å²) in [5.74, 6) is 0.00556. The van der Waals surface area contributed by atoms with Crippen LogP contribution in [-0.4, -0.2) is 23.0 Å². The van der Waals surface area contributed by atoms with Gasteiger partial charge in [-0.3, -0.25) is 15.1 Å². The number of rotatable bonds is 4. The number of aryl methyl sites for hydroxylation is 1. The Morgan fingerprint density at radius 3 is 2.62 bits per heavy atom. The minimum atomic E-state index is -0.367. The van der Waals surface area contributed by atoms with Crippen LogP contribution in [0.25, 0.3) is 0 Å².